The van der Waals surface area contributed by atoms with Crippen LogP contribution in [-0.4, -0.2) is 34.9 Å². The molecular weight excluding hydrogens is 458 g/mol. The number of rotatable bonds is 6. The van der Waals surface area contributed by atoms with Gasteiger partial charge >= 0.3 is 6.03 Å². The summed E-state index contributed by atoms with van der Waals surface area (Å²) in [7, 11) is 0. The third-order valence-electron chi connectivity index (χ3n) is 5.79. The van der Waals surface area contributed by atoms with Crippen LogP contribution >= 0.6 is 0 Å². The molecule has 3 aromatic carbocycles. The zero-order valence-electron chi connectivity index (χ0n) is 18.8. The van der Waals surface area contributed by atoms with Crippen LogP contribution in [-0.2, 0) is 6.54 Å². The van der Waals surface area contributed by atoms with Crippen LogP contribution in [0.25, 0.3) is 0 Å². The summed E-state index contributed by atoms with van der Waals surface area (Å²) in [6.07, 6.45) is 0.578. The number of nitrogens with zero attached hydrogens (tertiary/aromatic N) is 3. The van der Waals surface area contributed by atoms with Crippen molar-refractivity contribution in [2.75, 3.05) is 23.3 Å². The number of amides is 3. The van der Waals surface area contributed by atoms with Crippen LogP contribution in [0.4, 0.5) is 30.6 Å². The lowest BCUT2D eigenvalue weighted by atomic mass is 10.1. The van der Waals surface area contributed by atoms with Crippen molar-refractivity contribution in [1.82, 2.24) is 4.90 Å². The van der Waals surface area contributed by atoms with E-state index in [1.807, 2.05) is 0 Å². The highest BCUT2D eigenvalue weighted by Crippen LogP contribution is 2.30. The van der Waals surface area contributed by atoms with Gasteiger partial charge < -0.3 is 10.2 Å². The molecular formula is C25H22F2N4O4. The summed E-state index contributed by atoms with van der Waals surface area (Å²) in [5.74, 6) is -1.76. The molecule has 0 spiro atoms. The number of anilines is 2. The van der Waals surface area contributed by atoms with Crippen molar-refractivity contribution < 1.29 is 23.3 Å². The second-order valence-corrected chi connectivity index (χ2v) is 8.17. The van der Waals surface area contributed by atoms with Gasteiger partial charge in [0, 0.05) is 35.8 Å². The first-order chi connectivity index (χ1) is 16.7. The Morgan fingerprint density at radius 3 is 2.63 bits per heavy atom. The fourth-order valence-corrected chi connectivity index (χ4v) is 3.98. The van der Waals surface area contributed by atoms with Crippen LogP contribution in [0, 0.1) is 28.7 Å². The average molecular weight is 480 g/mol. The smallest absolute Gasteiger partial charge is 0.320 e. The molecule has 1 N–H and O–H groups in total. The van der Waals surface area contributed by atoms with Crippen LogP contribution in [0.5, 0.6) is 0 Å². The summed E-state index contributed by atoms with van der Waals surface area (Å²) >= 11 is 0. The van der Waals surface area contributed by atoms with Gasteiger partial charge in [0.05, 0.1) is 22.8 Å². The van der Waals surface area contributed by atoms with Crippen molar-refractivity contribution in [3.8, 4) is 0 Å². The fourth-order valence-electron chi connectivity index (χ4n) is 3.98. The van der Waals surface area contributed by atoms with Crippen molar-refractivity contribution in [3.05, 3.63) is 99.1 Å². The molecule has 1 aliphatic rings. The lowest BCUT2D eigenvalue weighted by molar-refractivity contribution is -0.385. The molecule has 3 aromatic rings. The summed E-state index contributed by atoms with van der Waals surface area (Å²) in [5, 5.41) is 14.0. The summed E-state index contributed by atoms with van der Waals surface area (Å²) in [4.78, 5) is 39.7. The minimum Gasteiger partial charge on any atom is -0.320 e. The Bertz CT molecular complexity index is 1310. The number of hydrogen-bond donors (Lipinski definition) is 1. The summed E-state index contributed by atoms with van der Waals surface area (Å²) in [5.41, 5.74) is 1.20. The highest BCUT2D eigenvalue weighted by atomic mass is 19.1. The van der Waals surface area contributed by atoms with Crippen LogP contribution in [0.2, 0.25) is 0 Å². The van der Waals surface area contributed by atoms with Crippen LogP contribution in [0.15, 0.2) is 60.7 Å². The largest absolute Gasteiger partial charge is 0.324 e. The minimum atomic E-state index is -0.601. The van der Waals surface area contributed by atoms with E-state index in [1.165, 1.54) is 28.0 Å². The fraction of sp³-hybridized carbons (Fsp3) is 0.200. The van der Waals surface area contributed by atoms with Crippen molar-refractivity contribution >= 4 is 29.0 Å². The van der Waals surface area contributed by atoms with E-state index in [-0.39, 0.29) is 23.4 Å². The van der Waals surface area contributed by atoms with E-state index in [0.717, 1.165) is 18.2 Å². The number of halogens is 2. The second-order valence-electron chi connectivity index (χ2n) is 8.17. The Morgan fingerprint density at radius 2 is 1.86 bits per heavy atom. The molecule has 3 amide bonds. The number of hydrogen-bond acceptors (Lipinski definition) is 4. The number of nitro groups is 1. The maximum absolute atomic E-state index is 14.1. The molecule has 8 nitrogen and oxygen atoms in total. The summed E-state index contributed by atoms with van der Waals surface area (Å²) in [6, 6.07) is 13.6. The SMILES string of the molecule is Cc1ccc(C(=O)Nc2ccccc2N2CCCN(Cc3cc(F)ccc3F)C2=O)cc1[N+](=O)[O-]. The van der Waals surface area contributed by atoms with Gasteiger partial charge in [-0.25, -0.2) is 13.6 Å². The van der Waals surface area contributed by atoms with E-state index in [4.69, 9.17) is 0 Å². The Balaban J connectivity index is 1.57. The predicted molar refractivity (Wildman–Crippen MR) is 126 cm³/mol. The Labute approximate surface area is 199 Å². The number of nitrogens with one attached hydrogen (secondary N) is 1. The van der Waals surface area contributed by atoms with Crippen molar-refractivity contribution in [2.24, 2.45) is 0 Å². The molecule has 0 unspecified atom stereocenters. The average Bonchev–Trinajstić information content (AvgIpc) is 2.83. The standard InChI is InChI=1S/C25H22F2N4O4/c1-16-7-8-17(14-23(16)31(34)35)24(32)28-21-5-2-3-6-22(21)30-12-4-11-29(25(30)33)15-18-13-19(26)9-10-20(18)27/h2-3,5-10,13-14H,4,11-12,15H2,1H3,(H,28,32). The van der Waals surface area contributed by atoms with Crippen molar-refractivity contribution in [3.63, 3.8) is 0 Å². The topological polar surface area (TPSA) is 95.8 Å². The van der Waals surface area contributed by atoms with Crippen molar-refractivity contribution in [1.29, 1.82) is 0 Å². The Morgan fingerprint density at radius 1 is 1.09 bits per heavy atom. The number of benzene rings is 3. The molecule has 1 aliphatic heterocycles. The molecule has 1 fully saturated rings. The third kappa shape index (κ3) is 5.11. The van der Waals surface area contributed by atoms with Crippen LogP contribution in [0.1, 0.15) is 27.9 Å². The van der Waals surface area contributed by atoms with Crippen LogP contribution in [0.3, 0.4) is 0 Å². The predicted octanol–water partition coefficient (Wildman–Crippen LogP) is 5.27. The monoisotopic (exact) mass is 480 g/mol. The van der Waals surface area contributed by atoms with Gasteiger partial charge in [-0.15, -0.1) is 0 Å². The molecule has 0 aliphatic carbocycles. The van der Waals surface area contributed by atoms with E-state index >= 15 is 0 Å². The first-order valence-electron chi connectivity index (χ1n) is 10.9. The molecule has 0 aromatic heterocycles. The third-order valence-corrected chi connectivity index (χ3v) is 5.79. The summed E-state index contributed by atoms with van der Waals surface area (Å²) in [6.45, 7) is 2.22. The van der Waals surface area contributed by atoms with E-state index in [1.54, 1.807) is 31.2 Å². The zero-order valence-corrected chi connectivity index (χ0v) is 18.8. The molecule has 0 atom stereocenters. The number of carbonyl (C=O) groups excluding carboxylic acids is 2. The molecule has 0 saturated carbocycles. The lowest BCUT2D eigenvalue weighted by Gasteiger charge is -2.36. The number of urea groups is 1. The molecule has 4 rings (SSSR count). The van der Waals surface area contributed by atoms with E-state index in [0.29, 0.717) is 36.4 Å². The molecule has 1 heterocycles. The Kier molecular flexibility index (Phi) is 6.72. The molecule has 1 saturated heterocycles. The summed E-state index contributed by atoms with van der Waals surface area (Å²) < 4.78 is 27.7. The van der Waals surface area contributed by atoms with Crippen LogP contribution < -0.4 is 10.2 Å². The zero-order chi connectivity index (χ0) is 25.1. The normalized spacial score (nSPS) is 13.6. The maximum atomic E-state index is 14.1. The second kappa shape index (κ2) is 9.88. The van der Waals surface area contributed by atoms with Gasteiger partial charge in [0.15, 0.2) is 0 Å². The number of carbonyl (C=O) groups is 2. The minimum absolute atomic E-state index is 0.0720. The van der Waals surface area contributed by atoms with Gasteiger partial charge in [-0.2, -0.15) is 0 Å². The van der Waals surface area contributed by atoms with E-state index in [9.17, 15) is 28.5 Å². The number of para-hydroxylation sites is 2. The quantitative estimate of drug-likeness (QED) is 0.384. The van der Waals surface area contributed by atoms with E-state index in [2.05, 4.69) is 5.32 Å². The first kappa shape index (κ1) is 23.8. The van der Waals surface area contributed by atoms with E-state index < -0.39 is 28.5 Å². The van der Waals surface area contributed by atoms with Gasteiger partial charge in [-0.3, -0.25) is 19.8 Å². The molecule has 0 bridgehead atoms. The maximum Gasteiger partial charge on any atom is 0.324 e. The highest BCUT2D eigenvalue weighted by molar-refractivity contribution is 6.08. The lowest BCUT2D eigenvalue weighted by Crippen LogP contribution is -2.49. The van der Waals surface area contributed by atoms with Gasteiger partial charge in [0.1, 0.15) is 11.6 Å². The molecule has 180 valence electrons. The molecule has 35 heavy (non-hydrogen) atoms. The molecule has 10 heteroatoms. The van der Waals surface area contributed by atoms with Gasteiger partial charge in [0.2, 0.25) is 0 Å². The molecule has 0 radical (unpaired) electrons. The van der Waals surface area contributed by atoms with Crippen molar-refractivity contribution in [2.45, 2.75) is 19.9 Å². The Hall–Kier alpha value is -4.34. The highest BCUT2D eigenvalue weighted by Gasteiger charge is 2.29. The number of aryl methyl sites for hydroxylation is 1. The van der Waals surface area contributed by atoms with Gasteiger partial charge in [-0.05, 0) is 49.7 Å². The first-order valence-corrected chi connectivity index (χ1v) is 10.9. The number of nitro benzene ring substituents is 1. The van der Waals surface area contributed by atoms with Gasteiger partial charge in [-0.1, -0.05) is 18.2 Å². The van der Waals surface area contributed by atoms with Gasteiger partial charge in [0.25, 0.3) is 11.6 Å².